The number of nitrogens with one attached hydrogen (secondary N) is 1. The summed E-state index contributed by atoms with van der Waals surface area (Å²) in [4.78, 5) is 6.84. The summed E-state index contributed by atoms with van der Waals surface area (Å²) >= 11 is 5.59. The SMILES string of the molecule is CCCN1C(=S)N[C@H](c2ccccn2)[C@@H]1c1ccc(C)n1C. The van der Waals surface area contributed by atoms with Crippen molar-refractivity contribution < 1.29 is 0 Å². The van der Waals surface area contributed by atoms with Crippen molar-refractivity contribution in [1.29, 1.82) is 0 Å². The van der Waals surface area contributed by atoms with Gasteiger partial charge in [-0.05, 0) is 49.8 Å². The van der Waals surface area contributed by atoms with Gasteiger partial charge in [-0.2, -0.15) is 0 Å². The zero-order valence-corrected chi connectivity index (χ0v) is 14.1. The fourth-order valence-corrected chi connectivity index (χ4v) is 3.47. The second kappa shape index (κ2) is 6.08. The summed E-state index contributed by atoms with van der Waals surface area (Å²) in [7, 11) is 2.12. The Balaban J connectivity index is 2.05. The fraction of sp³-hybridized carbons (Fsp3) is 0.412. The summed E-state index contributed by atoms with van der Waals surface area (Å²) in [6.45, 7) is 5.26. The lowest BCUT2D eigenvalue weighted by Gasteiger charge is -2.28. The number of hydrogen-bond donors (Lipinski definition) is 1. The molecule has 0 aromatic carbocycles. The Bertz CT molecular complexity index is 665. The van der Waals surface area contributed by atoms with Crippen LogP contribution in [0.25, 0.3) is 0 Å². The van der Waals surface area contributed by atoms with Crippen LogP contribution in [0.1, 0.15) is 42.5 Å². The summed E-state index contributed by atoms with van der Waals surface area (Å²) in [5, 5.41) is 4.29. The highest BCUT2D eigenvalue weighted by molar-refractivity contribution is 7.80. The second-order valence-corrected chi connectivity index (χ2v) is 6.17. The van der Waals surface area contributed by atoms with Crippen molar-refractivity contribution in [2.75, 3.05) is 6.54 Å². The van der Waals surface area contributed by atoms with Gasteiger partial charge in [0.2, 0.25) is 0 Å². The van der Waals surface area contributed by atoms with E-state index in [0.29, 0.717) is 0 Å². The number of pyridine rings is 1. The standard InChI is InChI=1S/C17H22N4S/c1-4-11-21-16(14-9-8-12(2)20(14)3)15(19-17(21)22)13-7-5-6-10-18-13/h5-10,15-16H,4,11H2,1-3H3,(H,19,22)/t15-,16+/m1/s1. The van der Waals surface area contributed by atoms with Crippen LogP contribution in [0, 0.1) is 6.92 Å². The molecule has 1 N–H and O–H groups in total. The van der Waals surface area contributed by atoms with Crippen molar-refractivity contribution in [3.8, 4) is 0 Å². The van der Waals surface area contributed by atoms with Crippen LogP contribution in [0.4, 0.5) is 0 Å². The molecule has 5 heteroatoms. The first kappa shape index (κ1) is 15.0. The molecule has 0 aliphatic carbocycles. The first-order chi connectivity index (χ1) is 10.6. The molecular formula is C17H22N4S. The van der Waals surface area contributed by atoms with E-state index >= 15 is 0 Å². The van der Waals surface area contributed by atoms with Crippen LogP contribution < -0.4 is 5.32 Å². The van der Waals surface area contributed by atoms with Crippen molar-refractivity contribution in [2.45, 2.75) is 32.4 Å². The molecule has 22 heavy (non-hydrogen) atoms. The van der Waals surface area contributed by atoms with Gasteiger partial charge in [0.1, 0.15) is 0 Å². The van der Waals surface area contributed by atoms with E-state index in [-0.39, 0.29) is 12.1 Å². The van der Waals surface area contributed by atoms with Gasteiger partial charge >= 0.3 is 0 Å². The average Bonchev–Trinajstić information content (AvgIpc) is 3.02. The number of rotatable bonds is 4. The summed E-state index contributed by atoms with van der Waals surface area (Å²) in [6, 6.07) is 10.7. The lowest BCUT2D eigenvalue weighted by atomic mass is 10.0. The molecule has 0 saturated carbocycles. The van der Waals surface area contributed by atoms with Gasteiger partial charge in [-0.3, -0.25) is 4.98 Å². The summed E-state index contributed by atoms with van der Waals surface area (Å²) in [6.07, 6.45) is 2.91. The van der Waals surface area contributed by atoms with Gasteiger partial charge in [0.05, 0.1) is 17.8 Å². The predicted octanol–water partition coefficient (Wildman–Crippen LogP) is 3.11. The molecule has 1 fully saturated rings. The molecule has 2 aromatic heterocycles. The summed E-state index contributed by atoms with van der Waals surface area (Å²) in [5.74, 6) is 0. The third-order valence-electron chi connectivity index (χ3n) is 4.38. The highest BCUT2D eigenvalue weighted by atomic mass is 32.1. The molecular weight excluding hydrogens is 292 g/mol. The van der Waals surface area contributed by atoms with Gasteiger partial charge in [-0.1, -0.05) is 13.0 Å². The molecule has 2 atom stereocenters. The molecule has 0 unspecified atom stereocenters. The number of thiocarbonyl (C=S) groups is 1. The van der Waals surface area contributed by atoms with Gasteiger partial charge in [-0.25, -0.2) is 0 Å². The van der Waals surface area contributed by atoms with Crippen LogP contribution in [0.5, 0.6) is 0 Å². The van der Waals surface area contributed by atoms with Gasteiger partial charge in [-0.15, -0.1) is 0 Å². The van der Waals surface area contributed by atoms with Crippen LogP contribution in [0.15, 0.2) is 36.5 Å². The smallest absolute Gasteiger partial charge is 0.170 e. The molecule has 1 saturated heterocycles. The Labute approximate surface area is 137 Å². The molecule has 0 bridgehead atoms. The van der Waals surface area contributed by atoms with Gasteiger partial charge < -0.3 is 14.8 Å². The minimum Gasteiger partial charge on any atom is -0.352 e. The zero-order valence-electron chi connectivity index (χ0n) is 13.3. The first-order valence-electron chi connectivity index (χ1n) is 7.73. The predicted molar refractivity (Wildman–Crippen MR) is 92.6 cm³/mol. The van der Waals surface area contributed by atoms with Gasteiger partial charge in [0, 0.05) is 31.2 Å². The quantitative estimate of drug-likeness (QED) is 0.879. The highest BCUT2D eigenvalue weighted by Gasteiger charge is 2.40. The van der Waals surface area contributed by atoms with E-state index in [1.165, 1.54) is 11.4 Å². The minimum absolute atomic E-state index is 0.0910. The van der Waals surface area contributed by atoms with E-state index < -0.39 is 0 Å². The molecule has 4 nitrogen and oxygen atoms in total. The van der Waals surface area contributed by atoms with Crippen LogP contribution in [0.3, 0.4) is 0 Å². The fourth-order valence-electron chi connectivity index (χ4n) is 3.14. The lowest BCUT2D eigenvalue weighted by molar-refractivity contribution is 0.306. The average molecular weight is 314 g/mol. The molecule has 116 valence electrons. The van der Waals surface area contributed by atoms with Crippen molar-refractivity contribution >= 4 is 17.3 Å². The molecule has 1 aliphatic heterocycles. The van der Waals surface area contributed by atoms with Crippen LogP contribution in [-0.2, 0) is 7.05 Å². The number of hydrogen-bond acceptors (Lipinski definition) is 2. The highest BCUT2D eigenvalue weighted by Crippen LogP contribution is 2.38. The third-order valence-corrected chi connectivity index (χ3v) is 4.73. The van der Waals surface area contributed by atoms with Crippen molar-refractivity contribution in [3.63, 3.8) is 0 Å². The molecule has 1 aliphatic rings. The molecule has 0 amide bonds. The maximum Gasteiger partial charge on any atom is 0.170 e. The number of aryl methyl sites for hydroxylation is 1. The summed E-state index contributed by atoms with van der Waals surface area (Å²) in [5.41, 5.74) is 3.56. The normalized spacial score (nSPS) is 21.2. The topological polar surface area (TPSA) is 33.1 Å². The Hall–Kier alpha value is -1.88. The van der Waals surface area contributed by atoms with E-state index in [4.69, 9.17) is 12.2 Å². The van der Waals surface area contributed by atoms with E-state index in [0.717, 1.165) is 23.8 Å². The van der Waals surface area contributed by atoms with Crippen LogP contribution in [-0.4, -0.2) is 26.1 Å². The zero-order chi connectivity index (χ0) is 15.7. The lowest BCUT2D eigenvalue weighted by Crippen LogP contribution is -2.31. The Morgan fingerprint density at radius 3 is 2.68 bits per heavy atom. The molecule has 3 heterocycles. The maximum absolute atomic E-state index is 5.59. The van der Waals surface area contributed by atoms with E-state index in [2.05, 4.69) is 58.9 Å². The molecule has 0 radical (unpaired) electrons. The Morgan fingerprint density at radius 1 is 1.27 bits per heavy atom. The summed E-state index contributed by atoms with van der Waals surface area (Å²) < 4.78 is 2.25. The monoisotopic (exact) mass is 314 g/mol. The van der Waals surface area contributed by atoms with Crippen molar-refractivity contribution in [2.24, 2.45) is 7.05 Å². The number of aromatic nitrogens is 2. The molecule has 0 spiro atoms. The van der Waals surface area contributed by atoms with E-state index in [1.807, 2.05) is 18.3 Å². The maximum atomic E-state index is 5.59. The van der Waals surface area contributed by atoms with Crippen LogP contribution in [0.2, 0.25) is 0 Å². The van der Waals surface area contributed by atoms with Crippen molar-refractivity contribution in [1.82, 2.24) is 19.8 Å². The number of nitrogens with zero attached hydrogens (tertiary/aromatic N) is 3. The van der Waals surface area contributed by atoms with Gasteiger partial charge in [0.15, 0.2) is 5.11 Å². The first-order valence-corrected chi connectivity index (χ1v) is 8.14. The van der Waals surface area contributed by atoms with E-state index in [9.17, 15) is 0 Å². The van der Waals surface area contributed by atoms with E-state index in [1.54, 1.807) is 0 Å². The van der Waals surface area contributed by atoms with Gasteiger partial charge in [0.25, 0.3) is 0 Å². The van der Waals surface area contributed by atoms with Crippen molar-refractivity contribution in [3.05, 3.63) is 53.6 Å². The Morgan fingerprint density at radius 2 is 2.09 bits per heavy atom. The van der Waals surface area contributed by atoms with Crippen LogP contribution >= 0.6 is 12.2 Å². The molecule has 2 aromatic rings. The second-order valence-electron chi connectivity index (χ2n) is 5.78. The molecule has 3 rings (SSSR count). The largest absolute Gasteiger partial charge is 0.352 e. The minimum atomic E-state index is 0.0910. The third kappa shape index (κ3) is 2.50. The Kier molecular flexibility index (Phi) is 4.16.